The molecule has 0 radical (unpaired) electrons. The number of halogens is 1. The van der Waals surface area contributed by atoms with Gasteiger partial charge in [0.1, 0.15) is 0 Å². The Morgan fingerprint density at radius 2 is 2.05 bits per heavy atom. The smallest absolute Gasteiger partial charge is 0.242 e. The number of amides is 1. The highest BCUT2D eigenvalue weighted by Crippen LogP contribution is 2.35. The summed E-state index contributed by atoms with van der Waals surface area (Å²) in [5, 5.41) is 3.26. The van der Waals surface area contributed by atoms with E-state index < -0.39 is 0 Å². The fourth-order valence-electron chi connectivity index (χ4n) is 3.81. The van der Waals surface area contributed by atoms with Gasteiger partial charge >= 0.3 is 0 Å². The molecule has 2 fully saturated rings. The Labute approximate surface area is 135 Å². The molecule has 2 atom stereocenters. The molecular weight excluding hydrogens is 328 g/mol. The van der Waals surface area contributed by atoms with E-state index in [9.17, 15) is 4.79 Å². The molecule has 114 valence electrons. The molecule has 3 nitrogen and oxygen atoms in total. The number of hydrogen-bond acceptors (Lipinski definition) is 2. The summed E-state index contributed by atoms with van der Waals surface area (Å²) in [5.74, 6) is 1.01. The summed E-state index contributed by atoms with van der Waals surface area (Å²) in [4.78, 5) is 14.7. The van der Waals surface area contributed by atoms with Gasteiger partial charge in [0, 0.05) is 22.7 Å². The average Bonchev–Trinajstić information content (AvgIpc) is 2.52. The lowest BCUT2D eigenvalue weighted by atomic mass is 9.78. The van der Waals surface area contributed by atoms with E-state index in [2.05, 4.69) is 26.1 Å². The van der Waals surface area contributed by atoms with E-state index >= 15 is 0 Å². The number of hydrogen-bond donors (Lipinski definition) is 1. The van der Waals surface area contributed by atoms with Crippen LogP contribution in [0.1, 0.15) is 38.5 Å². The number of nitrogens with zero attached hydrogens (tertiary/aromatic N) is 1. The largest absolute Gasteiger partial charge is 0.376 e. The normalized spacial score (nSPS) is 25.3. The first-order chi connectivity index (χ1) is 10.2. The van der Waals surface area contributed by atoms with E-state index in [1.165, 1.54) is 38.5 Å². The molecule has 0 aromatic heterocycles. The number of anilines is 1. The predicted molar refractivity (Wildman–Crippen MR) is 89.3 cm³/mol. The third-order valence-electron chi connectivity index (χ3n) is 4.83. The van der Waals surface area contributed by atoms with Gasteiger partial charge in [-0.1, -0.05) is 34.8 Å². The monoisotopic (exact) mass is 350 g/mol. The molecule has 4 heteroatoms. The number of fused-ring (bicyclic) bond motifs is 1. The van der Waals surface area contributed by atoms with Crippen LogP contribution in [-0.4, -0.2) is 29.9 Å². The van der Waals surface area contributed by atoms with Crippen LogP contribution < -0.4 is 5.32 Å². The minimum Gasteiger partial charge on any atom is -0.376 e. The van der Waals surface area contributed by atoms with Gasteiger partial charge in [0.05, 0.1) is 6.54 Å². The number of likely N-dealkylation sites (tertiary alicyclic amines) is 1. The average molecular weight is 351 g/mol. The highest BCUT2D eigenvalue weighted by molar-refractivity contribution is 9.10. The van der Waals surface area contributed by atoms with Crippen molar-refractivity contribution in [3.63, 3.8) is 0 Å². The lowest BCUT2D eigenvalue weighted by molar-refractivity contribution is -0.135. The number of carbonyl (C=O) groups excluding carboxylic acids is 1. The van der Waals surface area contributed by atoms with Crippen LogP contribution in [0, 0.1) is 5.92 Å². The molecule has 2 aliphatic rings. The minimum absolute atomic E-state index is 0.256. The maximum absolute atomic E-state index is 12.6. The molecule has 1 aromatic carbocycles. The molecule has 1 saturated carbocycles. The zero-order valence-corrected chi connectivity index (χ0v) is 13.9. The Kier molecular flexibility index (Phi) is 4.84. The minimum atomic E-state index is 0.256. The van der Waals surface area contributed by atoms with E-state index in [1.54, 1.807) is 0 Å². The van der Waals surface area contributed by atoms with Crippen molar-refractivity contribution in [2.45, 2.75) is 44.6 Å². The summed E-state index contributed by atoms with van der Waals surface area (Å²) in [5.41, 5.74) is 0.995. The molecule has 3 rings (SSSR count). The zero-order chi connectivity index (χ0) is 14.7. The summed E-state index contributed by atoms with van der Waals surface area (Å²) < 4.78 is 1.03. The number of piperidine rings is 1. The van der Waals surface area contributed by atoms with Gasteiger partial charge in [0.25, 0.3) is 0 Å². The Hall–Kier alpha value is -1.03. The molecule has 1 aliphatic carbocycles. The molecule has 1 N–H and O–H groups in total. The summed E-state index contributed by atoms with van der Waals surface area (Å²) in [7, 11) is 0. The van der Waals surface area contributed by atoms with Crippen LogP contribution in [0.5, 0.6) is 0 Å². The van der Waals surface area contributed by atoms with Crippen LogP contribution in [0.2, 0.25) is 0 Å². The van der Waals surface area contributed by atoms with Gasteiger partial charge in [-0.05, 0) is 49.8 Å². The third-order valence-corrected chi connectivity index (χ3v) is 5.33. The topological polar surface area (TPSA) is 32.3 Å². The van der Waals surface area contributed by atoms with Gasteiger partial charge in [-0.15, -0.1) is 0 Å². The van der Waals surface area contributed by atoms with Crippen molar-refractivity contribution in [3.05, 3.63) is 28.7 Å². The highest BCUT2D eigenvalue weighted by atomic mass is 79.9. The Balaban J connectivity index is 1.59. The lowest BCUT2D eigenvalue weighted by Gasteiger charge is -2.44. The fourth-order valence-corrected chi connectivity index (χ4v) is 4.21. The van der Waals surface area contributed by atoms with Crippen molar-refractivity contribution in [2.24, 2.45) is 5.92 Å². The molecule has 2 unspecified atom stereocenters. The van der Waals surface area contributed by atoms with Crippen molar-refractivity contribution < 1.29 is 4.79 Å². The molecule has 1 heterocycles. The van der Waals surface area contributed by atoms with E-state index in [0.717, 1.165) is 22.6 Å². The lowest BCUT2D eigenvalue weighted by Crippen LogP contribution is -2.51. The number of carbonyl (C=O) groups is 1. The van der Waals surface area contributed by atoms with E-state index in [1.807, 2.05) is 24.3 Å². The molecular formula is C17H23BrN2O. The first kappa shape index (κ1) is 14.9. The quantitative estimate of drug-likeness (QED) is 0.891. The zero-order valence-electron chi connectivity index (χ0n) is 12.4. The molecule has 21 heavy (non-hydrogen) atoms. The molecule has 0 bridgehead atoms. The van der Waals surface area contributed by atoms with Crippen molar-refractivity contribution in [1.82, 2.24) is 4.90 Å². The second-order valence-electron chi connectivity index (χ2n) is 6.21. The van der Waals surface area contributed by atoms with E-state index in [-0.39, 0.29) is 5.91 Å². The van der Waals surface area contributed by atoms with Gasteiger partial charge in [0.15, 0.2) is 0 Å². The van der Waals surface area contributed by atoms with Gasteiger partial charge in [-0.2, -0.15) is 0 Å². The standard InChI is InChI=1S/C17H23BrN2O/c18-14-7-3-8-15(11-14)19-12-17(21)20-10-4-6-13-5-1-2-9-16(13)20/h3,7-8,11,13,16,19H,1-2,4-6,9-10,12H2. The SMILES string of the molecule is O=C(CNc1cccc(Br)c1)N1CCCC2CCCCC21. The first-order valence-electron chi connectivity index (χ1n) is 8.03. The maximum atomic E-state index is 12.6. The van der Waals surface area contributed by atoms with Crippen LogP contribution in [0.15, 0.2) is 28.7 Å². The summed E-state index contributed by atoms with van der Waals surface area (Å²) >= 11 is 3.46. The molecule has 1 aromatic rings. The predicted octanol–water partition coefficient (Wildman–Crippen LogP) is 4.04. The number of benzene rings is 1. The summed E-state index contributed by atoms with van der Waals surface area (Å²) in [6.07, 6.45) is 7.63. The molecule has 1 saturated heterocycles. The van der Waals surface area contributed by atoms with Crippen molar-refractivity contribution in [3.8, 4) is 0 Å². The van der Waals surface area contributed by atoms with Gasteiger partial charge in [-0.3, -0.25) is 4.79 Å². The van der Waals surface area contributed by atoms with Crippen LogP contribution in [-0.2, 0) is 4.79 Å². The first-order valence-corrected chi connectivity index (χ1v) is 8.82. The number of nitrogens with one attached hydrogen (secondary N) is 1. The van der Waals surface area contributed by atoms with Crippen LogP contribution in [0.4, 0.5) is 5.69 Å². The van der Waals surface area contributed by atoms with Crippen molar-refractivity contribution >= 4 is 27.5 Å². The van der Waals surface area contributed by atoms with Crippen LogP contribution in [0.25, 0.3) is 0 Å². The Morgan fingerprint density at radius 1 is 1.24 bits per heavy atom. The van der Waals surface area contributed by atoms with E-state index in [4.69, 9.17) is 0 Å². The summed E-state index contributed by atoms with van der Waals surface area (Å²) in [6.45, 7) is 1.35. The maximum Gasteiger partial charge on any atom is 0.242 e. The molecule has 1 amide bonds. The summed E-state index contributed by atoms with van der Waals surface area (Å²) in [6, 6.07) is 8.48. The van der Waals surface area contributed by atoms with Gasteiger partial charge < -0.3 is 10.2 Å². The van der Waals surface area contributed by atoms with Gasteiger partial charge in [0.2, 0.25) is 5.91 Å². The third kappa shape index (κ3) is 3.60. The fraction of sp³-hybridized carbons (Fsp3) is 0.588. The Bertz CT molecular complexity index is 503. The van der Waals surface area contributed by atoms with Crippen LogP contribution in [0.3, 0.4) is 0 Å². The highest BCUT2D eigenvalue weighted by Gasteiger charge is 2.35. The number of rotatable bonds is 3. The van der Waals surface area contributed by atoms with E-state index in [0.29, 0.717) is 12.6 Å². The van der Waals surface area contributed by atoms with Crippen molar-refractivity contribution in [2.75, 3.05) is 18.4 Å². The van der Waals surface area contributed by atoms with Crippen LogP contribution >= 0.6 is 15.9 Å². The molecule has 0 spiro atoms. The van der Waals surface area contributed by atoms with Crippen molar-refractivity contribution in [1.29, 1.82) is 0 Å². The van der Waals surface area contributed by atoms with Gasteiger partial charge in [-0.25, -0.2) is 0 Å². The second kappa shape index (κ2) is 6.82. The Morgan fingerprint density at radius 3 is 2.90 bits per heavy atom. The second-order valence-corrected chi connectivity index (χ2v) is 7.12. The molecule has 1 aliphatic heterocycles.